The molecule has 2 N–H and O–H groups in total. The van der Waals surface area contributed by atoms with Gasteiger partial charge in [0.25, 0.3) is 0 Å². The van der Waals surface area contributed by atoms with Crippen molar-refractivity contribution in [3.8, 4) is 11.5 Å². The summed E-state index contributed by atoms with van der Waals surface area (Å²) in [4.78, 5) is 13.1. The summed E-state index contributed by atoms with van der Waals surface area (Å²) in [6.07, 6.45) is 5.23. The Balaban J connectivity index is 2.41. The van der Waals surface area contributed by atoms with Crippen LogP contribution >= 0.6 is 0 Å². The Morgan fingerprint density at radius 3 is 2.82 bits per heavy atom. The topological polar surface area (TPSA) is 64.7 Å². The molecule has 2 aromatic heterocycles. The Labute approximate surface area is 101 Å². The molecule has 0 aliphatic carbocycles. The number of rotatable bonds is 4. The standard InChI is InChI=1S/C13H16N4/c1-2-10-4-3-8-15-12(10)13-16-9-6-11(17-13)5-7-14/h3-4,6,8-9H,2,5,7,14H2,1H3. The molecular weight excluding hydrogens is 212 g/mol. The van der Waals surface area contributed by atoms with Gasteiger partial charge in [-0.05, 0) is 30.7 Å². The Hall–Kier alpha value is -1.81. The highest BCUT2D eigenvalue weighted by Gasteiger charge is 2.08. The molecule has 0 amide bonds. The molecule has 0 aromatic carbocycles. The van der Waals surface area contributed by atoms with Gasteiger partial charge in [-0.15, -0.1) is 0 Å². The Morgan fingerprint density at radius 2 is 2.06 bits per heavy atom. The maximum absolute atomic E-state index is 5.53. The van der Waals surface area contributed by atoms with Crippen LogP contribution in [0.2, 0.25) is 0 Å². The molecule has 0 aliphatic rings. The van der Waals surface area contributed by atoms with Gasteiger partial charge in [0, 0.05) is 24.5 Å². The monoisotopic (exact) mass is 228 g/mol. The van der Waals surface area contributed by atoms with Crippen LogP contribution in [0.15, 0.2) is 30.6 Å². The molecule has 0 fully saturated rings. The molecule has 0 bridgehead atoms. The lowest BCUT2D eigenvalue weighted by Gasteiger charge is -2.06. The molecule has 0 unspecified atom stereocenters. The normalized spacial score (nSPS) is 10.5. The Morgan fingerprint density at radius 1 is 1.18 bits per heavy atom. The molecule has 17 heavy (non-hydrogen) atoms. The lowest BCUT2D eigenvalue weighted by molar-refractivity contribution is 0.909. The average Bonchev–Trinajstić information content (AvgIpc) is 2.39. The number of pyridine rings is 1. The lowest BCUT2D eigenvalue weighted by Crippen LogP contribution is -2.06. The molecule has 0 aliphatic heterocycles. The van der Waals surface area contributed by atoms with Gasteiger partial charge in [-0.1, -0.05) is 13.0 Å². The van der Waals surface area contributed by atoms with Gasteiger partial charge in [0.15, 0.2) is 5.82 Å². The van der Waals surface area contributed by atoms with Gasteiger partial charge in [-0.3, -0.25) is 4.98 Å². The third kappa shape index (κ3) is 2.65. The van der Waals surface area contributed by atoms with Gasteiger partial charge >= 0.3 is 0 Å². The van der Waals surface area contributed by atoms with Crippen LogP contribution in [0, 0.1) is 0 Å². The van der Waals surface area contributed by atoms with E-state index in [4.69, 9.17) is 5.73 Å². The van der Waals surface area contributed by atoms with E-state index in [1.807, 2.05) is 12.1 Å². The third-order valence-electron chi connectivity index (χ3n) is 2.60. The van der Waals surface area contributed by atoms with Crippen molar-refractivity contribution in [1.82, 2.24) is 15.0 Å². The van der Waals surface area contributed by atoms with Gasteiger partial charge in [-0.25, -0.2) is 9.97 Å². The summed E-state index contributed by atoms with van der Waals surface area (Å²) >= 11 is 0. The zero-order valence-electron chi connectivity index (χ0n) is 9.93. The van der Waals surface area contributed by atoms with Crippen LogP contribution in [-0.2, 0) is 12.8 Å². The van der Waals surface area contributed by atoms with Crippen molar-refractivity contribution in [2.75, 3.05) is 6.54 Å². The minimum absolute atomic E-state index is 0.597. The molecule has 0 saturated carbocycles. The number of nitrogens with two attached hydrogens (primary N) is 1. The molecule has 0 atom stereocenters. The van der Waals surface area contributed by atoms with Gasteiger partial charge in [0.1, 0.15) is 5.69 Å². The molecule has 88 valence electrons. The largest absolute Gasteiger partial charge is 0.330 e. The third-order valence-corrected chi connectivity index (χ3v) is 2.60. The number of hydrogen-bond acceptors (Lipinski definition) is 4. The van der Waals surface area contributed by atoms with Crippen LogP contribution in [0.4, 0.5) is 0 Å². The van der Waals surface area contributed by atoms with Crippen molar-refractivity contribution in [2.24, 2.45) is 5.73 Å². The highest BCUT2D eigenvalue weighted by Crippen LogP contribution is 2.17. The summed E-state index contributed by atoms with van der Waals surface area (Å²) in [6.45, 7) is 2.70. The highest BCUT2D eigenvalue weighted by molar-refractivity contribution is 5.54. The zero-order valence-corrected chi connectivity index (χ0v) is 9.93. The highest BCUT2D eigenvalue weighted by atomic mass is 14.9. The van der Waals surface area contributed by atoms with E-state index >= 15 is 0 Å². The molecule has 2 heterocycles. The van der Waals surface area contributed by atoms with Crippen molar-refractivity contribution in [2.45, 2.75) is 19.8 Å². The van der Waals surface area contributed by atoms with Crippen molar-refractivity contribution in [1.29, 1.82) is 0 Å². The Bertz CT molecular complexity index is 496. The first-order chi connectivity index (χ1) is 8.35. The lowest BCUT2D eigenvalue weighted by atomic mass is 10.1. The first-order valence-corrected chi connectivity index (χ1v) is 5.81. The first kappa shape index (κ1) is 11.7. The second kappa shape index (κ2) is 5.50. The van der Waals surface area contributed by atoms with Gasteiger partial charge < -0.3 is 5.73 Å². The van der Waals surface area contributed by atoms with Gasteiger partial charge in [-0.2, -0.15) is 0 Å². The summed E-state index contributed by atoms with van der Waals surface area (Å²) in [7, 11) is 0. The van der Waals surface area contributed by atoms with E-state index in [2.05, 4.69) is 27.9 Å². The SMILES string of the molecule is CCc1cccnc1-c1nccc(CCN)n1. The van der Waals surface area contributed by atoms with Crippen molar-refractivity contribution >= 4 is 0 Å². The maximum Gasteiger partial charge on any atom is 0.178 e. The minimum atomic E-state index is 0.597. The molecule has 0 spiro atoms. The van der Waals surface area contributed by atoms with E-state index < -0.39 is 0 Å². The molecule has 2 rings (SSSR count). The quantitative estimate of drug-likeness (QED) is 0.863. The van der Waals surface area contributed by atoms with E-state index in [-0.39, 0.29) is 0 Å². The van der Waals surface area contributed by atoms with Crippen LogP contribution in [-0.4, -0.2) is 21.5 Å². The van der Waals surface area contributed by atoms with Crippen LogP contribution in [0.1, 0.15) is 18.2 Å². The van der Waals surface area contributed by atoms with Crippen LogP contribution in [0.3, 0.4) is 0 Å². The molecule has 0 saturated heterocycles. The van der Waals surface area contributed by atoms with Gasteiger partial charge in [0.2, 0.25) is 0 Å². The van der Waals surface area contributed by atoms with E-state index in [0.717, 1.165) is 29.8 Å². The second-order valence-electron chi connectivity index (χ2n) is 3.77. The average molecular weight is 228 g/mol. The summed E-state index contributed by atoms with van der Waals surface area (Å²) < 4.78 is 0. The minimum Gasteiger partial charge on any atom is -0.330 e. The smallest absolute Gasteiger partial charge is 0.178 e. The number of nitrogens with zero attached hydrogens (tertiary/aromatic N) is 3. The Kier molecular flexibility index (Phi) is 3.77. The number of hydrogen-bond donors (Lipinski definition) is 1. The predicted octanol–water partition coefficient (Wildman–Crippen LogP) is 1.60. The molecule has 0 radical (unpaired) electrons. The fraction of sp³-hybridized carbons (Fsp3) is 0.308. The summed E-state index contributed by atoms with van der Waals surface area (Å²) in [5, 5.41) is 0. The first-order valence-electron chi connectivity index (χ1n) is 5.81. The van der Waals surface area contributed by atoms with Gasteiger partial charge in [0.05, 0.1) is 0 Å². The molecule has 2 aromatic rings. The molecule has 4 nitrogen and oxygen atoms in total. The summed E-state index contributed by atoms with van der Waals surface area (Å²) in [5.74, 6) is 0.688. The summed E-state index contributed by atoms with van der Waals surface area (Å²) in [6, 6.07) is 5.89. The fourth-order valence-electron chi connectivity index (χ4n) is 1.72. The van der Waals surface area contributed by atoms with Crippen molar-refractivity contribution in [3.05, 3.63) is 41.9 Å². The van der Waals surface area contributed by atoms with E-state index in [1.54, 1.807) is 12.4 Å². The number of aryl methyl sites for hydroxylation is 1. The van der Waals surface area contributed by atoms with E-state index in [0.29, 0.717) is 12.4 Å². The van der Waals surface area contributed by atoms with E-state index in [1.165, 1.54) is 0 Å². The molecular formula is C13H16N4. The van der Waals surface area contributed by atoms with E-state index in [9.17, 15) is 0 Å². The van der Waals surface area contributed by atoms with Crippen molar-refractivity contribution in [3.63, 3.8) is 0 Å². The second-order valence-corrected chi connectivity index (χ2v) is 3.77. The van der Waals surface area contributed by atoms with Crippen LogP contribution < -0.4 is 5.73 Å². The van der Waals surface area contributed by atoms with Crippen molar-refractivity contribution < 1.29 is 0 Å². The zero-order chi connectivity index (χ0) is 12.1. The summed E-state index contributed by atoms with van der Waals surface area (Å²) in [5.41, 5.74) is 8.53. The van der Waals surface area contributed by atoms with Crippen LogP contribution in [0.25, 0.3) is 11.5 Å². The van der Waals surface area contributed by atoms with Crippen LogP contribution in [0.5, 0.6) is 0 Å². The fourth-order valence-corrected chi connectivity index (χ4v) is 1.72. The maximum atomic E-state index is 5.53. The number of aromatic nitrogens is 3. The predicted molar refractivity (Wildman–Crippen MR) is 67.4 cm³/mol. The molecule has 4 heteroatoms.